The molecule has 11 nitrogen and oxygen atoms in total. The van der Waals surface area contributed by atoms with Gasteiger partial charge in [0.15, 0.2) is 0 Å². The highest BCUT2D eigenvalue weighted by Gasteiger charge is 2.39. The Morgan fingerprint density at radius 2 is 1.17 bits per heavy atom. The van der Waals surface area contributed by atoms with Crippen molar-refractivity contribution in [1.29, 1.82) is 0 Å². The number of alkyl carbamates (subject to hydrolysis) is 1. The third kappa shape index (κ3) is 8.24. The van der Waals surface area contributed by atoms with Crippen LogP contribution in [-0.2, 0) is 23.9 Å². The first-order valence-electron chi connectivity index (χ1n) is 15.8. The molecule has 0 saturated heterocycles. The molecule has 46 heavy (non-hydrogen) atoms. The Morgan fingerprint density at radius 3 is 1.63 bits per heavy atom. The summed E-state index contributed by atoms with van der Waals surface area (Å²) in [7, 11) is 0. The topological polar surface area (TPSA) is 163 Å². The van der Waals surface area contributed by atoms with Crippen molar-refractivity contribution in [3.05, 3.63) is 59.7 Å². The molecule has 0 spiro atoms. The lowest BCUT2D eigenvalue weighted by Crippen LogP contribution is -2.64. The van der Waals surface area contributed by atoms with Crippen molar-refractivity contribution in [1.82, 2.24) is 21.3 Å². The van der Waals surface area contributed by atoms with E-state index in [9.17, 15) is 29.1 Å². The fourth-order valence-corrected chi connectivity index (χ4v) is 5.37. The van der Waals surface area contributed by atoms with E-state index in [0.717, 1.165) is 22.3 Å². The SMILES string of the molecule is CC[C@H](C)[C@H](NC(=O)OCC1c2ccccc2-c2ccccc21)C(=O)NC(C)(C)C(=O)N[C@H](C(=O)NC(C)(C)C(=O)O)[C@@H](C)CC. The summed E-state index contributed by atoms with van der Waals surface area (Å²) in [5.41, 5.74) is 1.30. The second-order valence-electron chi connectivity index (χ2n) is 13.2. The fourth-order valence-electron chi connectivity index (χ4n) is 5.37. The van der Waals surface area contributed by atoms with E-state index in [1.165, 1.54) is 27.7 Å². The molecule has 4 amide bonds. The van der Waals surface area contributed by atoms with E-state index < -0.39 is 52.9 Å². The highest BCUT2D eigenvalue weighted by atomic mass is 16.5. The number of hydrogen-bond donors (Lipinski definition) is 5. The molecule has 0 aliphatic heterocycles. The first kappa shape index (κ1) is 36.1. The summed E-state index contributed by atoms with van der Waals surface area (Å²) in [6.07, 6.45) is 0.335. The minimum Gasteiger partial charge on any atom is -0.480 e. The van der Waals surface area contributed by atoms with Crippen LogP contribution < -0.4 is 21.3 Å². The van der Waals surface area contributed by atoms with Crippen LogP contribution in [0.25, 0.3) is 11.1 Å². The molecule has 1 aliphatic rings. The number of benzene rings is 2. The predicted molar refractivity (Wildman–Crippen MR) is 175 cm³/mol. The van der Waals surface area contributed by atoms with Crippen LogP contribution in [0.4, 0.5) is 4.79 Å². The molecule has 2 aromatic rings. The molecular weight excluding hydrogens is 588 g/mol. The Balaban J connectivity index is 1.69. The lowest BCUT2D eigenvalue weighted by Gasteiger charge is -2.33. The monoisotopic (exact) mass is 636 g/mol. The first-order valence-corrected chi connectivity index (χ1v) is 15.8. The van der Waals surface area contributed by atoms with Gasteiger partial charge in [0.25, 0.3) is 0 Å². The van der Waals surface area contributed by atoms with Gasteiger partial charge in [-0.25, -0.2) is 9.59 Å². The van der Waals surface area contributed by atoms with Gasteiger partial charge in [-0.05, 0) is 61.8 Å². The van der Waals surface area contributed by atoms with Gasteiger partial charge < -0.3 is 31.1 Å². The predicted octanol–water partition coefficient (Wildman–Crippen LogP) is 4.34. The molecule has 1 aliphatic carbocycles. The number of aliphatic carboxylic acids is 1. The fraction of sp³-hybridized carbons (Fsp3) is 0.514. The standard InChI is InChI=1S/C35H48N4O7/c1-9-20(3)27(29(40)39-35(7,8)32(43)44)36-31(42)34(5,6)38-30(41)28(21(4)10-2)37-33(45)46-19-26-24-17-13-11-15-22(24)23-16-12-14-18-25(23)26/h11-18,20-21,26-28H,9-10,19H2,1-8H3,(H,36,42)(H,37,45)(H,38,41)(H,39,40)(H,43,44)/t20-,21-,27-,28-/m0/s1. The Bertz CT molecular complexity index is 1410. The van der Waals surface area contributed by atoms with Gasteiger partial charge >= 0.3 is 12.1 Å². The van der Waals surface area contributed by atoms with Crippen LogP contribution in [0.1, 0.15) is 85.3 Å². The van der Waals surface area contributed by atoms with Crippen molar-refractivity contribution < 1.29 is 33.8 Å². The number of carbonyl (C=O) groups excluding carboxylic acids is 4. The van der Waals surface area contributed by atoms with Crippen LogP contribution in [0, 0.1) is 11.8 Å². The number of carboxylic acid groups (broad SMARTS) is 1. The highest BCUT2D eigenvalue weighted by molar-refractivity contribution is 5.97. The van der Waals surface area contributed by atoms with Crippen molar-refractivity contribution in [2.24, 2.45) is 11.8 Å². The number of ether oxygens (including phenoxy) is 1. The maximum atomic E-state index is 13.6. The minimum atomic E-state index is -1.55. The van der Waals surface area contributed by atoms with E-state index in [4.69, 9.17) is 4.74 Å². The van der Waals surface area contributed by atoms with E-state index in [-0.39, 0.29) is 24.4 Å². The molecule has 2 aromatic carbocycles. The molecule has 5 N–H and O–H groups in total. The lowest BCUT2D eigenvalue weighted by atomic mass is 9.94. The third-order valence-electron chi connectivity index (χ3n) is 8.87. The summed E-state index contributed by atoms with van der Waals surface area (Å²) in [6.45, 7) is 13.1. The summed E-state index contributed by atoms with van der Waals surface area (Å²) in [5.74, 6) is -3.86. The Kier molecular flexibility index (Phi) is 11.6. The number of rotatable bonds is 14. The van der Waals surface area contributed by atoms with Gasteiger partial charge in [-0.15, -0.1) is 0 Å². The van der Waals surface area contributed by atoms with Gasteiger partial charge in [-0.2, -0.15) is 0 Å². The molecule has 0 aromatic heterocycles. The van der Waals surface area contributed by atoms with Crippen LogP contribution in [0.2, 0.25) is 0 Å². The average molecular weight is 637 g/mol. The quantitative estimate of drug-likeness (QED) is 0.206. The van der Waals surface area contributed by atoms with Gasteiger partial charge in [-0.3, -0.25) is 14.4 Å². The van der Waals surface area contributed by atoms with E-state index in [2.05, 4.69) is 21.3 Å². The van der Waals surface area contributed by atoms with Crippen LogP contribution in [-0.4, -0.2) is 64.7 Å². The summed E-state index contributed by atoms with van der Waals surface area (Å²) in [6, 6.07) is 13.9. The molecule has 0 saturated carbocycles. The van der Waals surface area contributed by atoms with E-state index in [1.54, 1.807) is 6.92 Å². The average Bonchev–Trinajstić information content (AvgIpc) is 3.33. The molecule has 0 fully saturated rings. The first-order chi connectivity index (χ1) is 21.5. The van der Waals surface area contributed by atoms with Gasteiger partial charge in [0.05, 0.1) is 0 Å². The smallest absolute Gasteiger partial charge is 0.407 e. The van der Waals surface area contributed by atoms with E-state index in [0.29, 0.717) is 12.8 Å². The maximum absolute atomic E-state index is 13.6. The zero-order valence-corrected chi connectivity index (χ0v) is 28.0. The number of hydrogen-bond acceptors (Lipinski definition) is 6. The molecule has 0 heterocycles. The van der Waals surface area contributed by atoms with Gasteiger partial charge in [0.1, 0.15) is 29.8 Å². The Hall–Kier alpha value is -4.41. The Labute approximate surface area is 271 Å². The zero-order valence-electron chi connectivity index (χ0n) is 28.0. The number of carbonyl (C=O) groups is 5. The molecule has 250 valence electrons. The summed E-state index contributed by atoms with van der Waals surface area (Å²) in [5, 5.41) is 20.0. The van der Waals surface area contributed by atoms with Crippen molar-refractivity contribution in [2.45, 2.75) is 97.3 Å². The summed E-state index contributed by atoms with van der Waals surface area (Å²) >= 11 is 0. The molecular formula is C35H48N4O7. The van der Waals surface area contributed by atoms with Gasteiger partial charge in [0, 0.05) is 5.92 Å². The largest absolute Gasteiger partial charge is 0.480 e. The number of nitrogens with one attached hydrogen (secondary N) is 4. The van der Waals surface area contributed by atoms with Gasteiger partial charge in [0.2, 0.25) is 17.7 Å². The minimum absolute atomic E-state index is 0.0837. The van der Waals surface area contributed by atoms with Gasteiger partial charge in [-0.1, -0.05) is 89.1 Å². The van der Waals surface area contributed by atoms with Crippen LogP contribution in [0.5, 0.6) is 0 Å². The molecule has 0 unspecified atom stereocenters. The van der Waals surface area contributed by atoms with Crippen molar-refractivity contribution in [3.8, 4) is 11.1 Å². The van der Waals surface area contributed by atoms with Crippen LogP contribution in [0.3, 0.4) is 0 Å². The lowest BCUT2D eigenvalue weighted by molar-refractivity contribution is -0.147. The molecule has 0 bridgehead atoms. The highest BCUT2D eigenvalue weighted by Crippen LogP contribution is 2.44. The second-order valence-corrected chi connectivity index (χ2v) is 13.2. The zero-order chi connectivity index (χ0) is 34.4. The Morgan fingerprint density at radius 1 is 0.739 bits per heavy atom. The van der Waals surface area contributed by atoms with Crippen LogP contribution >= 0.6 is 0 Å². The molecule has 4 atom stereocenters. The normalized spacial score (nSPS) is 15.3. The number of fused-ring (bicyclic) bond motifs is 3. The van der Waals surface area contributed by atoms with Crippen molar-refractivity contribution in [3.63, 3.8) is 0 Å². The number of amides is 4. The van der Waals surface area contributed by atoms with E-state index >= 15 is 0 Å². The van der Waals surface area contributed by atoms with E-state index in [1.807, 2.05) is 69.3 Å². The second kappa shape index (κ2) is 14.8. The van der Waals surface area contributed by atoms with Crippen molar-refractivity contribution >= 4 is 29.8 Å². The molecule has 11 heteroatoms. The van der Waals surface area contributed by atoms with Crippen molar-refractivity contribution in [2.75, 3.05) is 6.61 Å². The molecule has 3 rings (SSSR count). The third-order valence-corrected chi connectivity index (χ3v) is 8.87. The number of carboxylic acids is 1. The maximum Gasteiger partial charge on any atom is 0.407 e. The van der Waals surface area contributed by atoms with Crippen LogP contribution in [0.15, 0.2) is 48.5 Å². The summed E-state index contributed by atoms with van der Waals surface area (Å²) < 4.78 is 5.67. The summed E-state index contributed by atoms with van der Waals surface area (Å²) in [4.78, 5) is 64.7. The molecule has 0 radical (unpaired) electrons.